The van der Waals surface area contributed by atoms with Crippen LogP contribution >= 0.6 is 12.2 Å². The summed E-state index contributed by atoms with van der Waals surface area (Å²) in [7, 11) is 0. The minimum Gasteiger partial charge on any atom is -0.494 e. The Hall–Kier alpha value is -3.08. The van der Waals surface area contributed by atoms with E-state index in [4.69, 9.17) is 21.7 Å². The molecule has 2 heterocycles. The third-order valence-corrected chi connectivity index (χ3v) is 6.03. The van der Waals surface area contributed by atoms with E-state index < -0.39 is 0 Å². The average molecular weight is 486 g/mol. The first kappa shape index (κ1) is 24.1. The Morgan fingerprint density at radius 1 is 1.21 bits per heavy atom. The molecule has 1 aromatic heterocycles. The van der Waals surface area contributed by atoms with Gasteiger partial charge in [-0.1, -0.05) is 12.1 Å². The van der Waals surface area contributed by atoms with Gasteiger partial charge >= 0.3 is 0 Å². The molecule has 1 amide bonds. The van der Waals surface area contributed by atoms with Crippen molar-refractivity contribution in [2.75, 3.05) is 39.5 Å². The number of nitrogens with zero attached hydrogens (tertiary/aromatic N) is 3. The molecule has 0 aliphatic carbocycles. The van der Waals surface area contributed by atoms with Crippen LogP contribution in [0.3, 0.4) is 0 Å². The summed E-state index contributed by atoms with van der Waals surface area (Å²) in [5.74, 6) is 0.862. The van der Waals surface area contributed by atoms with Crippen LogP contribution in [0.5, 0.6) is 5.75 Å². The highest BCUT2D eigenvalue weighted by Gasteiger charge is 2.23. The Morgan fingerprint density at radius 2 is 1.91 bits per heavy atom. The molecule has 1 aliphatic rings. The van der Waals surface area contributed by atoms with E-state index in [1.807, 2.05) is 31.2 Å². The minimum absolute atomic E-state index is 0.0249. The van der Waals surface area contributed by atoms with E-state index in [1.54, 1.807) is 16.7 Å². The minimum atomic E-state index is -0.287. The fourth-order valence-electron chi connectivity index (χ4n) is 3.99. The number of amides is 1. The van der Waals surface area contributed by atoms with Gasteiger partial charge in [0.05, 0.1) is 25.9 Å². The number of hydrogen-bond acceptors (Lipinski definition) is 6. The van der Waals surface area contributed by atoms with Gasteiger partial charge < -0.3 is 14.8 Å². The van der Waals surface area contributed by atoms with E-state index in [1.165, 1.54) is 12.1 Å². The zero-order valence-corrected chi connectivity index (χ0v) is 19.8. The van der Waals surface area contributed by atoms with Crippen LogP contribution in [0.1, 0.15) is 18.5 Å². The Balaban J connectivity index is 1.46. The van der Waals surface area contributed by atoms with Gasteiger partial charge in [0, 0.05) is 25.2 Å². The maximum Gasteiger partial charge on any atom is 0.240 e. The van der Waals surface area contributed by atoms with Crippen molar-refractivity contribution in [2.45, 2.75) is 19.5 Å². The number of benzene rings is 2. The van der Waals surface area contributed by atoms with Gasteiger partial charge in [-0.3, -0.25) is 19.4 Å². The first-order chi connectivity index (χ1) is 16.5. The van der Waals surface area contributed by atoms with Crippen molar-refractivity contribution in [3.05, 3.63) is 64.7 Å². The second-order valence-corrected chi connectivity index (χ2v) is 8.30. The van der Waals surface area contributed by atoms with E-state index in [0.29, 0.717) is 37.0 Å². The van der Waals surface area contributed by atoms with E-state index in [2.05, 4.69) is 20.4 Å². The van der Waals surface area contributed by atoms with Gasteiger partial charge in [-0.05, 0) is 61.1 Å². The number of aromatic nitrogens is 3. The quantitative estimate of drug-likeness (QED) is 0.453. The summed E-state index contributed by atoms with van der Waals surface area (Å²) in [5.41, 5.74) is 1.76. The molecule has 2 aromatic carbocycles. The van der Waals surface area contributed by atoms with Gasteiger partial charge in [-0.2, -0.15) is 5.10 Å². The second-order valence-electron chi connectivity index (χ2n) is 7.92. The molecule has 0 saturated carbocycles. The molecule has 1 unspecified atom stereocenters. The number of ether oxygens (including phenoxy) is 2. The van der Waals surface area contributed by atoms with E-state index in [9.17, 15) is 9.18 Å². The highest BCUT2D eigenvalue weighted by Crippen LogP contribution is 2.23. The molecule has 34 heavy (non-hydrogen) atoms. The van der Waals surface area contributed by atoms with Crippen LogP contribution in [0.4, 0.5) is 4.39 Å². The summed E-state index contributed by atoms with van der Waals surface area (Å²) in [6, 6.07) is 13.8. The third kappa shape index (κ3) is 5.88. The normalized spacial score (nSPS) is 15.1. The molecule has 3 aromatic rings. The summed E-state index contributed by atoms with van der Waals surface area (Å²) in [6.45, 7) is 5.66. The summed E-state index contributed by atoms with van der Waals surface area (Å²) in [6.07, 6.45) is 0. The first-order valence-electron chi connectivity index (χ1n) is 11.3. The predicted octanol–water partition coefficient (Wildman–Crippen LogP) is 3.34. The van der Waals surface area contributed by atoms with Crippen LogP contribution in [0, 0.1) is 10.6 Å². The van der Waals surface area contributed by atoms with E-state index >= 15 is 0 Å². The number of carbonyl (C=O) groups excluding carboxylic acids is 1. The lowest BCUT2D eigenvalue weighted by Gasteiger charge is -2.35. The number of aromatic amines is 1. The van der Waals surface area contributed by atoms with Crippen molar-refractivity contribution in [1.29, 1.82) is 0 Å². The molecule has 1 aliphatic heterocycles. The number of nitrogens with one attached hydrogen (secondary N) is 2. The standard InChI is InChI=1S/C24H28FN5O3S/c1-2-33-20-9-5-18(6-10-20)23-27-28-24(34)30(23)16-22(31)26-15-21(29-11-13-32-14-12-29)17-3-7-19(25)8-4-17/h3-10,21H,2,11-16H2,1H3,(H,26,31)(H,28,34). The van der Waals surface area contributed by atoms with Crippen molar-refractivity contribution in [1.82, 2.24) is 25.0 Å². The lowest BCUT2D eigenvalue weighted by atomic mass is 10.0. The largest absolute Gasteiger partial charge is 0.494 e. The molecule has 8 nitrogen and oxygen atoms in total. The third-order valence-electron chi connectivity index (χ3n) is 5.72. The van der Waals surface area contributed by atoms with E-state index in [0.717, 1.165) is 30.0 Å². The maximum absolute atomic E-state index is 13.5. The van der Waals surface area contributed by atoms with Gasteiger partial charge in [0.1, 0.15) is 18.1 Å². The first-order valence-corrected chi connectivity index (χ1v) is 11.7. The fraction of sp³-hybridized carbons (Fsp3) is 0.375. The highest BCUT2D eigenvalue weighted by molar-refractivity contribution is 7.71. The summed E-state index contributed by atoms with van der Waals surface area (Å²) in [5, 5.41) is 10.1. The molecule has 0 spiro atoms. The lowest BCUT2D eigenvalue weighted by Crippen LogP contribution is -2.44. The van der Waals surface area contributed by atoms with Crippen LogP contribution < -0.4 is 10.1 Å². The molecule has 1 atom stereocenters. The van der Waals surface area contributed by atoms with E-state index in [-0.39, 0.29) is 24.3 Å². The topological polar surface area (TPSA) is 84.4 Å². The molecular weight excluding hydrogens is 457 g/mol. The number of H-pyrrole nitrogens is 1. The molecular formula is C24H28FN5O3S. The molecule has 0 bridgehead atoms. The summed E-state index contributed by atoms with van der Waals surface area (Å²) in [4.78, 5) is 15.2. The van der Waals surface area contributed by atoms with Crippen LogP contribution in [-0.4, -0.2) is 65.0 Å². The zero-order chi connectivity index (χ0) is 23.9. The van der Waals surface area contributed by atoms with Crippen molar-refractivity contribution >= 4 is 18.1 Å². The van der Waals surface area contributed by atoms with Gasteiger partial charge in [0.25, 0.3) is 0 Å². The number of halogens is 1. The lowest BCUT2D eigenvalue weighted by molar-refractivity contribution is -0.122. The highest BCUT2D eigenvalue weighted by atomic mass is 32.1. The number of morpholine rings is 1. The molecule has 2 N–H and O–H groups in total. The molecule has 0 radical (unpaired) electrons. The van der Waals surface area contributed by atoms with Crippen LogP contribution in [0.2, 0.25) is 0 Å². The monoisotopic (exact) mass is 485 g/mol. The van der Waals surface area contributed by atoms with Gasteiger partial charge in [-0.25, -0.2) is 4.39 Å². The average Bonchev–Trinajstić information content (AvgIpc) is 3.21. The summed E-state index contributed by atoms with van der Waals surface area (Å²) >= 11 is 5.37. The fourth-order valence-corrected chi connectivity index (χ4v) is 4.19. The number of hydrogen-bond donors (Lipinski definition) is 2. The maximum atomic E-state index is 13.5. The summed E-state index contributed by atoms with van der Waals surface area (Å²) < 4.78 is 26.5. The van der Waals surface area contributed by atoms with Crippen molar-refractivity contribution < 1.29 is 18.7 Å². The van der Waals surface area contributed by atoms with Crippen molar-refractivity contribution in [3.8, 4) is 17.1 Å². The van der Waals surface area contributed by atoms with Crippen LogP contribution in [0.15, 0.2) is 48.5 Å². The smallest absolute Gasteiger partial charge is 0.240 e. The Morgan fingerprint density at radius 3 is 2.59 bits per heavy atom. The zero-order valence-electron chi connectivity index (χ0n) is 19.0. The van der Waals surface area contributed by atoms with Gasteiger partial charge in [-0.15, -0.1) is 0 Å². The predicted molar refractivity (Wildman–Crippen MR) is 129 cm³/mol. The van der Waals surface area contributed by atoms with Crippen LogP contribution in [-0.2, 0) is 16.1 Å². The molecule has 180 valence electrons. The van der Waals surface area contributed by atoms with Gasteiger partial charge in [0.15, 0.2) is 10.6 Å². The number of carbonyl (C=O) groups is 1. The Bertz CT molecular complexity index is 1140. The number of rotatable bonds is 9. The van der Waals surface area contributed by atoms with Crippen molar-refractivity contribution in [3.63, 3.8) is 0 Å². The molecule has 1 fully saturated rings. The van der Waals surface area contributed by atoms with Gasteiger partial charge in [0.2, 0.25) is 5.91 Å². The molecule has 4 rings (SSSR count). The van der Waals surface area contributed by atoms with Crippen LogP contribution in [0.25, 0.3) is 11.4 Å². The Kier molecular flexibility index (Phi) is 8.04. The Labute approximate surface area is 202 Å². The molecule has 1 saturated heterocycles. The second kappa shape index (κ2) is 11.4. The van der Waals surface area contributed by atoms with Crippen molar-refractivity contribution in [2.24, 2.45) is 0 Å². The SMILES string of the molecule is CCOc1ccc(-c2n[nH]c(=S)n2CC(=O)NCC(c2ccc(F)cc2)N2CCOCC2)cc1. The molecule has 10 heteroatoms.